The van der Waals surface area contributed by atoms with E-state index in [9.17, 15) is 4.79 Å². The van der Waals surface area contributed by atoms with Gasteiger partial charge in [-0.2, -0.15) is 0 Å². The lowest BCUT2D eigenvalue weighted by Gasteiger charge is -2.33. The van der Waals surface area contributed by atoms with Gasteiger partial charge in [0.15, 0.2) is 5.69 Å². The fraction of sp³-hybridized carbons (Fsp3) is 0.615. The van der Waals surface area contributed by atoms with Crippen LogP contribution in [0.3, 0.4) is 0 Å². The van der Waals surface area contributed by atoms with Crippen molar-refractivity contribution in [3.05, 3.63) is 17.8 Å². The van der Waals surface area contributed by atoms with E-state index in [-0.39, 0.29) is 11.3 Å². The molecule has 0 radical (unpaired) electrons. The van der Waals surface area contributed by atoms with Crippen LogP contribution in [0.25, 0.3) is 0 Å². The summed E-state index contributed by atoms with van der Waals surface area (Å²) < 4.78 is 5.34. The molecule has 1 aliphatic heterocycles. The Bertz CT molecular complexity index is 427. The summed E-state index contributed by atoms with van der Waals surface area (Å²) in [5, 5.41) is 13.6. The van der Waals surface area contributed by atoms with E-state index in [1.807, 2.05) is 0 Å². The number of rotatable bonds is 4. The number of nitrogens with one attached hydrogen (secondary N) is 2. The Morgan fingerprint density at radius 1 is 1.37 bits per heavy atom. The Hall–Kier alpha value is -1.69. The predicted molar refractivity (Wildman–Crippen MR) is 72.1 cm³/mol. The molecule has 0 saturated carbocycles. The van der Waals surface area contributed by atoms with Crippen LogP contribution < -0.4 is 10.6 Å². The van der Waals surface area contributed by atoms with Gasteiger partial charge < -0.3 is 15.4 Å². The van der Waals surface area contributed by atoms with Crippen molar-refractivity contribution in [1.29, 1.82) is 0 Å². The molecular weight excluding hydrogens is 244 g/mol. The lowest BCUT2D eigenvalue weighted by atomic mass is 9.82. The number of hydrogen-bond acceptors (Lipinski definition) is 5. The first-order valence-electron chi connectivity index (χ1n) is 6.50. The van der Waals surface area contributed by atoms with Crippen molar-refractivity contribution in [1.82, 2.24) is 15.5 Å². The summed E-state index contributed by atoms with van der Waals surface area (Å²) in [5.74, 6) is 0.468. The van der Waals surface area contributed by atoms with E-state index >= 15 is 0 Å². The van der Waals surface area contributed by atoms with Gasteiger partial charge in [0, 0.05) is 26.8 Å². The molecule has 0 aromatic carbocycles. The summed E-state index contributed by atoms with van der Waals surface area (Å²) >= 11 is 0. The Labute approximate surface area is 112 Å². The number of aromatic nitrogens is 2. The summed E-state index contributed by atoms with van der Waals surface area (Å²) in [7, 11) is 1.76. The predicted octanol–water partition coefficient (Wildman–Crippen LogP) is 1.06. The molecular formula is C13H20N4O2. The van der Waals surface area contributed by atoms with Gasteiger partial charge in [-0.1, -0.05) is 6.92 Å². The first kappa shape index (κ1) is 13.7. The van der Waals surface area contributed by atoms with E-state index in [1.54, 1.807) is 19.2 Å². The molecule has 104 valence electrons. The van der Waals surface area contributed by atoms with Gasteiger partial charge >= 0.3 is 0 Å². The third kappa shape index (κ3) is 3.64. The average molecular weight is 264 g/mol. The molecule has 2 heterocycles. The fourth-order valence-corrected chi connectivity index (χ4v) is 2.01. The van der Waals surface area contributed by atoms with Gasteiger partial charge in [-0.05, 0) is 30.4 Å². The molecule has 1 aliphatic rings. The molecule has 6 nitrogen and oxygen atoms in total. The molecule has 19 heavy (non-hydrogen) atoms. The molecule has 0 aliphatic carbocycles. The molecule has 1 saturated heterocycles. The lowest BCUT2D eigenvalue weighted by molar-refractivity contribution is 0.0238. The summed E-state index contributed by atoms with van der Waals surface area (Å²) in [4.78, 5) is 12.0. The topological polar surface area (TPSA) is 76.1 Å². The average Bonchev–Trinajstić information content (AvgIpc) is 2.46. The molecule has 2 N–H and O–H groups in total. The highest BCUT2D eigenvalue weighted by molar-refractivity contribution is 5.92. The summed E-state index contributed by atoms with van der Waals surface area (Å²) in [6.45, 7) is 4.35. The number of hydrogen-bond donors (Lipinski definition) is 2. The summed E-state index contributed by atoms with van der Waals surface area (Å²) in [6.07, 6.45) is 1.94. The van der Waals surface area contributed by atoms with Gasteiger partial charge in [-0.15, -0.1) is 10.2 Å². The van der Waals surface area contributed by atoms with E-state index in [4.69, 9.17) is 4.74 Å². The van der Waals surface area contributed by atoms with Gasteiger partial charge in [-0.25, -0.2) is 0 Å². The van der Waals surface area contributed by atoms with Gasteiger partial charge in [0.2, 0.25) is 0 Å². The van der Waals surface area contributed by atoms with Gasteiger partial charge in [-0.3, -0.25) is 4.79 Å². The zero-order chi connectivity index (χ0) is 13.7. The molecule has 1 aromatic rings. The van der Waals surface area contributed by atoms with E-state index in [2.05, 4.69) is 27.8 Å². The van der Waals surface area contributed by atoms with E-state index in [0.717, 1.165) is 26.1 Å². The van der Waals surface area contributed by atoms with Crippen molar-refractivity contribution in [2.75, 3.05) is 32.1 Å². The standard InChI is InChI=1S/C13H20N4O2/c1-13(5-7-19-8-6-13)9-15-12(18)10-3-4-11(14-2)17-16-10/h3-4H,5-9H2,1-2H3,(H,14,17)(H,15,18). The minimum absolute atomic E-state index is 0.117. The third-order valence-electron chi connectivity index (χ3n) is 3.53. The Kier molecular flexibility index (Phi) is 4.31. The highest BCUT2D eigenvalue weighted by atomic mass is 16.5. The summed E-state index contributed by atoms with van der Waals surface area (Å²) in [6, 6.07) is 3.40. The first-order valence-corrected chi connectivity index (χ1v) is 6.50. The Morgan fingerprint density at radius 3 is 2.68 bits per heavy atom. The number of carbonyl (C=O) groups is 1. The van der Waals surface area contributed by atoms with Crippen LogP contribution >= 0.6 is 0 Å². The fourth-order valence-electron chi connectivity index (χ4n) is 2.01. The molecule has 0 spiro atoms. The molecule has 0 unspecified atom stereocenters. The van der Waals surface area contributed by atoms with Crippen molar-refractivity contribution in [2.45, 2.75) is 19.8 Å². The smallest absolute Gasteiger partial charge is 0.271 e. The van der Waals surface area contributed by atoms with Crippen LogP contribution in [0.4, 0.5) is 5.82 Å². The molecule has 1 amide bonds. The van der Waals surface area contributed by atoms with Gasteiger partial charge in [0.25, 0.3) is 5.91 Å². The number of ether oxygens (including phenoxy) is 1. The maximum Gasteiger partial charge on any atom is 0.271 e. The SMILES string of the molecule is CNc1ccc(C(=O)NCC2(C)CCOCC2)nn1. The van der Waals surface area contributed by atoms with Crippen LogP contribution in [0, 0.1) is 5.41 Å². The first-order chi connectivity index (χ1) is 9.13. The van der Waals surface area contributed by atoms with Crippen molar-refractivity contribution >= 4 is 11.7 Å². The number of nitrogens with zero attached hydrogens (tertiary/aromatic N) is 2. The molecule has 6 heteroatoms. The Balaban J connectivity index is 1.89. The van der Waals surface area contributed by atoms with Crippen molar-refractivity contribution in [3.8, 4) is 0 Å². The quantitative estimate of drug-likeness (QED) is 0.850. The van der Waals surface area contributed by atoms with E-state index in [1.165, 1.54) is 0 Å². The van der Waals surface area contributed by atoms with Crippen LogP contribution in [-0.4, -0.2) is 42.9 Å². The van der Waals surface area contributed by atoms with Gasteiger partial charge in [0.05, 0.1) is 0 Å². The highest BCUT2D eigenvalue weighted by Gasteiger charge is 2.28. The van der Waals surface area contributed by atoms with Crippen LogP contribution in [-0.2, 0) is 4.74 Å². The van der Waals surface area contributed by atoms with E-state index in [0.29, 0.717) is 18.1 Å². The minimum atomic E-state index is -0.178. The molecule has 0 atom stereocenters. The van der Waals surface area contributed by atoms with Crippen LogP contribution in [0.1, 0.15) is 30.3 Å². The normalized spacial score (nSPS) is 17.8. The maximum atomic E-state index is 12.0. The number of anilines is 1. The largest absolute Gasteiger partial charge is 0.381 e. The Morgan fingerprint density at radius 2 is 2.11 bits per heavy atom. The molecule has 1 fully saturated rings. The highest BCUT2D eigenvalue weighted by Crippen LogP contribution is 2.28. The second-order valence-corrected chi connectivity index (χ2v) is 5.16. The van der Waals surface area contributed by atoms with Crippen LogP contribution in [0.2, 0.25) is 0 Å². The van der Waals surface area contributed by atoms with Crippen molar-refractivity contribution in [2.24, 2.45) is 5.41 Å². The zero-order valence-electron chi connectivity index (χ0n) is 11.4. The number of amides is 1. The van der Waals surface area contributed by atoms with Gasteiger partial charge in [0.1, 0.15) is 5.82 Å². The molecule has 2 rings (SSSR count). The second-order valence-electron chi connectivity index (χ2n) is 5.16. The maximum absolute atomic E-state index is 12.0. The second kappa shape index (κ2) is 5.97. The van der Waals surface area contributed by atoms with Crippen LogP contribution in [0.5, 0.6) is 0 Å². The third-order valence-corrected chi connectivity index (χ3v) is 3.53. The monoisotopic (exact) mass is 264 g/mol. The van der Waals surface area contributed by atoms with Crippen LogP contribution in [0.15, 0.2) is 12.1 Å². The molecule has 0 bridgehead atoms. The lowest BCUT2D eigenvalue weighted by Crippen LogP contribution is -2.39. The molecule has 1 aromatic heterocycles. The van der Waals surface area contributed by atoms with Crippen molar-refractivity contribution < 1.29 is 9.53 Å². The summed E-state index contributed by atoms with van der Waals surface area (Å²) in [5.41, 5.74) is 0.460. The number of carbonyl (C=O) groups excluding carboxylic acids is 1. The minimum Gasteiger partial charge on any atom is -0.381 e. The van der Waals surface area contributed by atoms with Crippen molar-refractivity contribution in [3.63, 3.8) is 0 Å². The van der Waals surface area contributed by atoms with E-state index < -0.39 is 0 Å². The zero-order valence-corrected chi connectivity index (χ0v) is 11.4.